The van der Waals surface area contributed by atoms with Crippen LogP contribution >= 0.6 is 0 Å². The molecule has 0 aromatic heterocycles. The van der Waals surface area contributed by atoms with Crippen molar-refractivity contribution < 1.29 is 37.6 Å². The Morgan fingerprint density at radius 3 is 2.15 bits per heavy atom. The molecule has 13 heavy (non-hydrogen) atoms. The Morgan fingerprint density at radius 1 is 1.15 bits per heavy atom. The summed E-state index contributed by atoms with van der Waals surface area (Å²) >= 11 is 0. The van der Waals surface area contributed by atoms with E-state index in [1.54, 1.807) is 0 Å². The van der Waals surface area contributed by atoms with Gasteiger partial charge in [-0.15, -0.1) is 0 Å². The minimum absolute atomic E-state index is 0. The highest BCUT2D eigenvalue weighted by molar-refractivity contribution is 4.90. The van der Waals surface area contributed by atoms with Gasteiger partial charge in [0.1, 0.15) is 18.3 Å². The molecule has 0 aromatic rings. The van der Waals surface area contributed by atoms with E-state index in [1.165, 1.54) is 0 Å². The van der Waals surface area contributed by atoms with E-state index in [9.17, 15) is 10.2 Å². The predicted molar refractivity (Wildman–Crippen MR) is 38.0 cm³/mol. The molecule has 80 valence electrons. The first-order chi connectivity index (χ1) is 5.57. The average Bonchev–Trinajstić information content (AvgIpc) is 2.08. The van der Waals surface area contributed by atoms with Crippen LogP contribution < -0.4 is 18.1 Å². The SMILES string of the molecule is N[C@@H]1[C@@H](O)[C@H](O)[C@@H](CO)O[C@H]1O.[Cl-]. The van der Waals surface area contributed by atoms with Crippen LogP contribution in [0.15, 0.2) is 0 Å². The molecule has 0 aromatic carbocycles. The van der Waals surface area contributed by atoms with Gasteiger partial charge < -0.3 is 43.3 Å². The lowest BCUT2D eigenvalue weighted by Gasteiger charge is -2.38. The fourth-order valence-electron chi connectivity index (χ4n) is 1.12. The third-order valence-corrected chi connectivity index (χ3v) is 1.95. The highest BCUT2D eigenvalue weighted by atomic mass is 35.5. The molecule has 0 radical (unpaired) electrons. The zero-order chi connectivity index (χ0) is 9.30. The third-order valence-electron chi connectivity index (χ3n) is 1.95. The number of hydrogen-bond donors (Lipinski definition) is 5. The zero-order valence-corrected chi connectivity index (χ0v) is 7.50. The monoisotopic (exact) mass is 214 g/mol. The van der Waals surface area contributed by atoms with Crippen molar-refractivity contribution in [3.05, 3.63) is 0 Å². The van der Waals surface area contributed by atoms with Crippen molar-refractivity contribution in [2.24, 2.45) is 5.73 Å². The summed E-state index contributed by atoms with van der Waals surface area (Å²) in [5.41, 5.74) is 5.26. The van der Waals surface area contributed by atoms with Crippen LogP contribution in [0.3, 0.4) is 0 Å². The van der Waals surface area contributed by atoms with Crippen molar-refractivity contribution in [1.82, 2.24) is 0 Å². The Bertz CT molecular complexity index is 155. The van der Waals surface area contributed by atoms with Gasteiger partial charge in [0.15, 0.2) is 6.29 Å². The van der Waals surface area contributed by atoms with Crippen LogP contribution in [0.5, 0.6) is 0 Å². The maximum Gasteiger partial charge on any atom is 0.173 e. The van der Waals surface area contributed by atoms with E-state index in [-0.39, 0.29) is 12.4 Å². The molecule has 0 unspecified atom stereocenters. The molecule has 6 nitrogen and oxygen atoms in total. The summed E-state index contributed by atoms with van der Waals surface area (Å²) in [6, 6.07) is -1.04. The van der Waals surface area contributed by atoms with E-state index < -0.39 is 37.3 Å². The van der Waals surface area contributed by atoms with Crippen LogP contribution in [0.4, 0.5) is 0 Å². The molecule has 6 N–H and O–H groups in total. The van der Waals surface area contributed by atoms with Crippen LogP contribution in [0.2, 0.25) is 0 Å². The number of aliphatic hydroxyl groups excluding tert-OH is 4. The van der Waals surface area contributed by atoms with E-state index in [1.807, 2.05) is 0 Å². The summed E-state index contributed by atoms with van der Waals surface area (Å²) in [6.07, 6.45) is -4.85. The summed E-state index contributed by atoms with van der Waals surface area (Å²) in [7, 11) is 0. The molecule has 1 heterocycles. The van der Waals surface area contributed by atoms with Gasteiger partial charge in [0.2, 0.25) is 0 Å². The van der Waals surface area contributed by atoms with Crippen LogP contribution in [0.1, 0.15) is 0 Å². The number of nitrogens with two attached hydrogens (primary N) is 1. The predicted octanol–water partition coefficient (Wildman–Crippen LogP) is -6.25. The van der Waals surface area contributed by atoms with Crippen molar-refractivity contribution in [3.8, 4) is 0 Å². The quantitative estimate of drug-likeness (QED) is 0.297. The first-order valence-corrected chi connectivity index (χ1v) is 3.64. The smallest absolute Gasteiger partial charge is 0.173 e. The van der Waals surface area contributed by atoms with Crippen molar-refractivity contribution in [1.29, 1.82) is 0 Å². The average molecular weight is 215 g/mol. The highest BCUT2D eigenvalue weighted by Gasteiger charge is 2.41. The normalized spacial score (nSPS) is 45.5. The lowest BCUT2D eigenvalue weighted by Crippen LogP contribution is -3.00. The maximum absolute atomic E-state index is 9.20. The number of hydrogen-bond acceptors (Lipinski definition) is 6. The summed E-state index contributed by atoms with van der Waals surface area (Å²) in [5.74, 6) is 0. The first-order valence-electron chi connectivity index (χ1n) is 3.64. The second kappa shape index (κ2) is 5.06. The molecule has 1 fully saturated rings. The van der Waals surface area contributed by atoms with Gasteiger partial charge in [-0.05, 0) is 0 Å². The lowest BCUT2D eigenvalue weighted by atomic mass is 9.98. The van der Waals surface area contributed by atoms with Crippen molar-refractivity contribution in [2.75, 3.05) is 6.61 Å². The van der Waals surface area contributed by atoms with Crippen LogP contribution in [0, 0.1) is 0 Å². The van der Waals surface area contributed by atoms with Crippen molar-refractivity contribution in [3.63, 3.8) is 0 Å². The Morgan fingerprint density at radius 2 is 1.69 bits per heavy atom. The summed E-state index contributed by atoms with van der Waals surface area (Å²) < 4.78 is 4.70. The molecule has 1 aliphatic heterocycles. The Hall–Kier alpha value is 0.0500. The molecule has 0 aliphatic carbocycles. The Kier molecular flexibility index (Phi) is 5.08. The second-order valence-corrected chi connectivity index (χ2v) is 2.81. The molecule has 0 bridgehead atoms. The topological polar surface area (TPSA) is 116 Å². The van der Waals surface area contributed by atoms with Gasteiger partial charge in [-0.3, -0.25) is 0 Å². The number of aliphatic hydroxyl groups is 4. The van der Waals surface area contributed by atoms with Crippen molar-refractivity contribution >= 4 is 0 Å². The second-order valence-electron chi connectivity index (χ2n) is 2.81. The standard InChI is InChI=1S/C6H13NO5.ClH/c7-3-5(10)4(9)2(1-8)12-6(3)11;/h2-6,8-11H,1,7H2;1H/p-1/t2-,3-,4-,5-,6-;/m1./s1. The van der Waals surface area contributed by atoms with Crippen LogP contribution in [0.25, 0.3) is 0 Å². The maximum atomic E-state index is 9.20. The van der Waals surface area contributed by atoms with Crippen LogP contribution in [-0.2, 0) is 4.74 Å². The number of ether oxygens (including phenoxy) is 1. The molecule has 0 amide bonds. The van der Waals surface area contributed by atoms with Gasteiger partial charge in [0, 0.05) is 0 Å². The molecule has 1 saturated heterocycles. The summed E-state index contributed by atoms with van der Waals surface area (Å²) in [4.78, 5) is 0. The highest BCUT2D eigenvalue weighted by Crippen LogP contribution is 2.17. The molecule has 0 saturated carbocycles. The molecule has 1 aliphatic rings. The molecular weight excluding hydrogens is 202 g/mol. The zero-order valence-electron chi connectivity index (χ0n) is 6.75. The molecular formula is C6H13ClNO5-. The fraction of sp³-hybridized carbons (Fsp3) is 1.00. The van der Waals surface area contributed by atoms with Crippen LogP contribution in [-0.4, -0.2) is 57.7 Å². The fourth-order valence-corrected chi connectivity index (χ4v) is 1.12. The first kappa shape index (κ1) is 13.1. The van der Waals surface area contributed by atoms with E-state index in [4.69, 9.17) is 20.7 Å². The largest absolute Gasteiger partial charge is 1.00 e. The van der Waals surface area contributed by atoms with E-state index in [2.05, 4.69) is 0 Å². The van der Waals surface area contributed by atoms with Crippen molar-refractivity contribution in [2.45, 2.75) is 30.6 Å². The molecule has 7 heteroatoms. The van der Waals surface area contributed by atoms with E-state index in [0.29, 0.717) is 0 Å². The minimum Gasteiger partial charge on any atom is -1.00 e. The van der Waals surface area contributed by atoms with Gasteiger partial charge >= 0.3 is 0 Å². The summed E-state index contributed by atoms with van der Waals surface area (Å²) in [6.45, 7) is -0.470. The molecule has 1 rings (SSSR count). The molecule has 5 atom stereocenters. The van der Waals surface area contributed by atoms with E-state index in [0.717, 1.165) is 0 Å². The van der Waals surface area contributed by atoms with E-state index >= 15 is 0 Å². The number of rotatable bonds is 1. The summed E-state index contributed by atoms with van der Waals surface area (Å²) in [5, 5.41) is 36.1. The Balaban J connectivity index is 0.00000144. The van der Waals surface area contributed by atoms with Gasteiger partial charge in [0.25, 0.3) is 0 Å². The van der Waals surface area contributed by atoms with Gasteiger partial charge in [-0.1, -0.05) is 0 Å². The lowest BCUT2D eigenvalue weighted by molar-refractivity contribution is -0.248. The van der Waals surface area contributed by atoms with Gasteiger partial charge in [0.05, 0.1) is 12.6 Å². The third kappa shape index (κ3) is 2.50. The van der Waals surface area contributed by atoms with Gasteiger partial charge in [-0.25, -0.2) is 0 Å². The van der Waals surface area contributed by atoms with Gasteiger partial charge in [-0.2, -0.15) is 0 Å². The minimum atomic E-state index is -1.35. The Labute approximate surface area is 81.3 Å². The number of halogens is 1. The molecule has 0 spiro atoms.